The van der Waals surface area contributed by atoms with Gasteiger partial charge in [-0.25, -0.2) is 13.4 Å². The van der Waals surface area contributed by atoms with Crippen molar-refractivity contribution in [1.82, 2.24) is 9.29 Å². The number of halogens is 1. The number of hydrogen-bond donors (Lipinski definition) is 0. The third kappa shape index (κ3) is 3.63. The smallest absolute Gasteiger partial charge is 0.246 e. The number of thiazole rings is 1. The fourth-order valence-corrected chi connectivity index (χ4v) is 6.73. The average Bonchev–Trinajstić information content (AvgIpc) is 3.12. The number of rotatable bonds is 4. The number of sulfonamides is 1. The molecule has 0 amide bonds. The molecule has 1 saturated heterocycles. The predicted octanol–water partition coefficient (Wildman–Crippen LogP) is 4.64. The molecular weight excluding hydrogens is 448 g/mol. The quantitative estimate of drug-likeness (QED) is 0.561. The van der Waals surface area contributed by atoms with Gasteiger partial charge in [0.2, 0.25) is 10.0 Å². The molecule has 1 atom stereocenters. The molecule has 5 nitrogen and oxygen atoms in total. The summed E-state index contributed by atoms with van der Waals surface area (Å²) in [5.41, 5.74) is 0.978. The Morgan fingerprint density at radius 2 is 2.07 bits per heavy atom. The Labute approximate surface area is 171 Å². The molecule has 142 valence electrons. The van der Waals surface area contributed by atoms with Crippen LogP contribution in [0.15, 0.2) is 51.8 Å². The maximum absolute atomic E-state index is 13.3. The Hall–Kier alpha value is -1.48. The van der Waals surface area contributed by atoms with Crippen LogP contribution in [0.2, 0.25) is 0 Å². The summed E-state index contributed by atoms with van der Waals surface area (Å²) in [4.78, 5) is 4.94. The van der Waals surface area contributed by atoms with E-state index in [1.54, 1.807) is 33.8 Å². The summed E-state index contributed by atoms with van der Waals surface area (Å²) in [5.74, 6) is 0.476. The first-order valence-electron chi connectivity index (χ1n) is 8.68. The summed E-state index contributed by atoms with van der Waals surface area (Å²) in [6.45, 7) is 0.956. The lowest BCUT2D eigenvalue weighted by Crippen LogP contribution is -2.39. The van der Waals surface area contributed by atoms with Gasteiger partial charge in [0.15, 0.2) is 0 Å². The fourth-order valence-electron chi connectivity index (χ4n) is 3.42. The minimum Gasteiger partial charge on any atom is -0.495 e. The highest BCUT2D eigenvalue weighted by atomic mass is 79.9. The number of para-hydroxylation sites is 1. The van der Waals surface area contributed by atoms with E-state index in [4.69, 9.17) is 9.72 Å². The van der Waals surface area contributed by atoms with E-state index >= 15 is 0 Å². The lowest BCUT2D eigenvalue weighted by atomic mass is 10.0. The molecule has 0 saturated carbocycles. The molecule has 0 unspecified atom stereocenters. The van der Waals surface area contributed by atoms with E-state index in [1.165, 1.54) is 7.11 Å². The number of ether oxygens (including phenoxy) is 1. The normalized spacial score (nSPS) is 18.7. The van der Waals surface area contributed by atoms with Crippen LogP contribution in [-0.4, -0.2) is 37.9 Å². The molecule has 2 heterocycles. The number of benzene rings is 2. The van der Waals surface area contributed by atoms with Crippen LogP contribution in [0.4, 0.5) is 0 Å². The number of nitrogens with zero attached hydrogens (tertiary/aromatic N) is 2. The Morgan fingerprint density at radius 3 is 2.85 bits per heavy atom. The van der Waals surface area contributed by atoms with Crippen molar-refractivity contribution in [3.63, 3.8) is 0 Å². The van der Waals surface area contributed by atoms with Gasteiger partial charge in [0.1, 0.15) is 10.6 Å². The Balaban J connectivity index is 1.65. The van der Waals surface area contributed by atoms with E-state index < -0.39 is 10.0 Å². The van der Waals surface area contributed by atoms with Crippen LogP contribution in [0.25, 0.3) is 10.2 Å². The zero-order chi connectivity index (χ0) is 19.0. The molecule has 2 aromatic carbocycles. The van der Waals surface area contributed by atoms with Gasteiger partial charge in [-0.3, -0.25) is 0 Å². The van der Waals surface area contributed by atoms with E-state index in [1.807, 2.05) is 18.2 Å². The van der Waals surface area contributed by atoms with Gasteiger partial charge in [-0.2, -0.15) is 4.31 Å². The van der Waals surface area contributed by atoms with E-state index in [0.29, 0.717) is 23.3 Å². The molecule has 4 rings (SSSR count). The van der Waals surface area contributed by atoms with Crippen LogP contribution in [0, 0.1) is 0 Å². The number of fused-ring (bicyclic) bond motifs is 1. The molecule has 0 spiro atoms. The van der Waals surface area contributed by atoms with Gasteiger partial charge in [-0.05, 0) is 43.2 Å². The minimum absolute atomic E-state index is 0.115. The van der Waals surface area contributed by atoms with Crippen molar-refractivity contribution in [2.75, 3.05) is 20.2 Å². The SMILES string of the molecule is COc1ccc(Br)cc1S(=O)(=O)N1CCC[C@H](c2nc3ccccc3s2)C1. The van der Waals surface area contributed by atoms with Crippen LogP contribution in [-0.2, 0) is 10.0 Å². The van der Waals surface area contributed by atoms with Gasteiger partial charge in [-0.15, -0.1) is 11.3 Å². The topological polar surface area (TPSA) is 59.5 Å². The number of piperidine rings is 1. The van der Waals surface area contributed by atoms with Crippen molar-refractivity contribution in [1.29, 1.82) is 0 Å². The fraction of sp³-hybridized carbons (Fsp3) is 0.316. The Bertz CT molecular complexity index is 1050. The molecule has 0 bridgehead atoms. The lowest BCUT2D eigenvalue weighted by Gasteiger charge is -2.31. The zero-order valence-electron chi connectivity index (χ0n) is 14.8. The molecular formula is C19H19BrN2O3S2. The highest BCUT2D eigenvalue weighted by molar-refractivity contribution is 9.10. The van der Waals surface area contributed by atoms with Crippen molar-refractivity contribution in [2.45, 2.75) is 23.7 Å². The van der Waals surface area contributed by atoms with Crippen molar-refractivity contribution in [2.24, 2.45) is 0 Å². The van der Waals surface area contributed by atoms with Gasteiger partial charge in [0.25, 0.3) is 0 Å². The summed E-state index contributed by atoms with van der Waals surface area (Å²) in [5, 5.41) is 1.01. The van der Waals surface area contributed by atoms with Gasteiger partial charge in [0.05, 0.1) is 22.3 Å². The van der Waals surface area contributed by atoms with Crippen LogP contribution in [0.3, 0.4) is 0 Å². The minimum atomic E-state index is -3.64. The second kappa shape index (κ2) is 7.50. The van der Waals surface area contributed by atoms with E-state index in [9.17, 15) is 8.42 Å². The van der Waals surface area contributed by atoms with Crippen molar-refractivity contribution >= 4 is 47.5 Å². The Kier molecular flexibility index (Phi) is 5.24. The summed E-state index contributed by atoms with van der Waals surface area (Å²) in [6, 6.07) is 13.1. The first-order valence-corrected chi connectivity index (χ1v) is 11.7. The molecule has 0 N–H and O–H groups in total. The molecule has 1 fully saturated rings. The van der Waals surface area contributed by atoms with Crippen molar-refractivity contribution in [3.8, 4) is 5.75 Å². The summed E-state index contributed by atoms with van der Waals surface area (Å²) < 4.78 is 35.3. The largest absolute Gasteiger partial charge is 0.495 e. The van der Waals surface area contributed by atoms with Crippen LogP contribution in [0.1, 0.15) is 23.8 Å². The second-order valence-electron chi connectivity index (χ2n) is 6.52. The molecule has 0 radical (unpaired) electrons. The second-order valence-corrected chi connectivity index (χ2v) is 10.4. The van der Waals surface area contributed by atoms with Gasteiger partial charge >= 0.3 is 0 Å². The maximum atomic E-state index is 13.3. The van der Waals surface area contributed by atoms with Crippen molar-refractivity contribution in [3.05, 3.63) is 51.9 Å². The number of aromatic nitrogens is 1. The first-order chi connectivity index (χ1) is 13.0. The number of methoxy groups -OCH3 is 1. The Morgan fingerprint density at radius 1 is 1.26 bits per heavy atom. The highest BCUT2D eigenvalue weighted by Gasteiger charge is 2.34. The molecule has 3 aromatic rings. The summed E-state index contributed by atoms with van der Waals surface area (Å²) >= 11 is 5.02. The first kappa shape index (κ1) is 18.9. The highest BCUT2D eigenvalue weighted by Crippen LogP contribution is 2.36. The standard InChI is InChI=1S/C19H19BrN2O3S2/c1-25-16-9-8-14(20)11-18(16)27(23,24)22-10-4-5-13(12-22)19-21-15-6-2-3-7-17(15)26-19/h2-3,6-9,11,13H,4-5,10,12H2,1H3/t13-/m0/s1. The molecule has 1 aliphatic heterocycles. The zero-order valence-corrected chi connectivity index (χ0v) is 18.0. The summed E-state index contributed by atoms with van der Waals surface area (Å²) in [6.07, 6.45) is 1.76. The van der Waals surface area contributed by atoms with E-state index in [0.717, 1.165) is 28.1 Å². The van der Waals surface area contributed by atoms with Crippen LogP contribution < -0.4 is 4.74 Å². The molecule has 1 aliphatic rings. The van der Waals surface area contributed by atoms with Gasteiger partial charge in [0, 0.05) is 23.5 Å². The molecule has 27 heavy (non-hydrogen) atoms. The van der Waals surface area contributed by atoms with Gasteiger partial charge < -0.3 is 4.74 Å². The summed E-state index contributed by atoms with van der Waals surface area (Å²) in [7, 11) is -2.15. The lowest BCUT2D eigenvalue weighted by molar-refractivity contribution is 0.313. The third-order valence-corrected chi connectivity index (χ3v) is 8.37. The predicted molar refractivity (Wildman–Crippen MR) is 111 cm³/mol. The van der Waals surface area contributed by atoms with Crippen molar-refractivity contribution < 1.29 is 13.2 Å². The van der Waals surface area contributed by atoms with E-state index in [2.05, 4.69) is 22.0 Å². The van der Waals surface area contributed by atoms with Crippen LogP contribution in [0.5, 0.6) is 5.75 Å². The average molecular weight is 467 g/mol. The van der Waals surface area contributed by atoms with Crippen LogP contribution >= 0.6 is 27.3 Å². The number of hydrogen-bond acceptors (Lipinski definition) is 5. The maximum Gasteiger partial charge on any atom is 0.246 e. The van der Waals surface area contributed by atoms with E-state index in [-0.39, 0.29) is 10.8 Å². The molecule has 8 heteroatoms. The molecule has 0 aliphatic carbocycles. The third-order valence-electron chi connectivity index (χ3n) is 4.79. The molecule has 1 aromatic heterocycles. The van der Waals surface area contributed by atoms with Gasteiger partial charge in [-0.1, -0.05) is 28.1 Å². The monoisotopic (exact) mass is 466 g/mol.